The molecule has 0 atom stereocenters. The predicted octanol–water partition coefficient (Wildman–Crippen LogP) is 4.15. The highest BCUT2D eigenvalue weighted by molar-refractivity contribution is 6.15. The fourth-order valence-electron chi connectivity index (χ4n) is 3.95. The van der Waals surface area contributed by atoms with Crippen LogP contribution in [0.1, 0.15) is 31.8 Å². The lowest BCUT2D eigenvalue weighted by Gasteiger charge is -2.11. The number of ether oxygens (including phenoxy) is 2. The average molecular weight is 508 g/mol. The van der Waals surface area contributed by atoms with Gasteiger partial charge in [0.05, 0.1) is 19.2 Å². The summed E-state index contributed by atoms with van der Waals surface area (Å²) in [4.78, 5) is 25.9. The minimum atomic E-state index is -0.354. The van der Waals surface area contributed by atoms with Gasteiger partial charge < -0.3 is 14.8 Å². The van der Waals surface area contributed by atoms with Gasteiger partial charge in [-0.05, 0) is 31.2 Å². The molecule has 9 heteroatoms. The quantitative estimate of drug-likeness (QED) is 0.236. The first-order chi connectivity index (χ1) is 18.5. The minimum absolute atomic E-state index is 0.176. The molecule has 9 nitrogen and oxygen atoms in total. The Morgan fingerprint density at radius 2 is 1.68 bits per heavy atom. The molecule has 1 N–H and O–H groups in total. The van der Waals surface area contributed by atoms with Crippen LogP contribution in [0.5, 0.6) is 11.6 Å². The van der Waals surface area contributed by atoms with E-state index in [2.05, 4.69) is 20.6 Å². The number of fused-ring (bicyclic) bond motifs is 1. The number of ketones is 1. The number of amides is 1. The Balaban J connectivity index is 1.24. The Morgan fingerprint density at radius 1 is 0.895 bits per heavy atom. The lowest BCUT2D eigenvalue weighted by Crippen LogP contribution is -2.29. The molecule has 5 aromatic rings. The third kappa shape index (κ3) is 5.22. The van der Waals surface area contributed by atoms with Crippen molar-refractivity contribution in [3.63, 3.8) is 0 Å². The van der Waals surface area contributed by atoms with Crippen LogP contribution in [0.4, 0.5) is 0 Å². The number of methoxy groups -OCH3 is 1. The molecular weight excluding hydrogens is 482 g/mol. The van der Waals surface area contributed by atoms with Crippen LogP contribution in [-0.2, 0) is 0 Å². The summed E-state index contributed by atoms with van der Waals surface area (Å²) in [6.07, 6.45) is 0. The normalized spacial score (nSPS) is 10.8. The molecule has 5 rings (SSSR count). The van der Waals surface area contributed by atoms with Gasteiger partial charge in [-0.15, -0.1) is 15.3 Å². The summed E-state index contributed by atoms with van der Waals surface area (Å²) >= 11 is 0. The van der Waals surface area contributed by atoms with Crippen molar-refractivity contribution >= 4 is 17.3 Å². The van der Waals surface area contributed by atoms with Crippen LogP contribution < -0.4 is 14.8 Å². The topological polar surface area (TPSA) is 108 Å². The van der Waals surface area contributed by atoms with E-state index in [4.69, 9.17) is 9.47 Å². The fraction of sp³-hybridized carbons (Fsp3) is 0.138. The Labute approximate surface area is 219 Å². The number of aryl methyl sites for hydroxylation is 1. The van der Waals surface area contributed by atoms with Crippen LogP contribution in [0.2, 0.25) is 0 Å². The van der Waals surface area contributed by atoms with Crippen LogP contribution in [-0.4, -0.2) is 51.8 Å². The molecule has 2 heterocycles. The van der Waals surface area contributed by atoms with Crippen molar-refractivity contribution in [2.45, 2.75) is 6.92 Å². The zero-order chi connectivity index (χ0) is 26.5. The van der Waals surface area contributed by atoms with E-state index in [1.54, 1.807) is 60.2 Å². The Hall–Kier alpha value is -5.05. The van der Waals surface area contributed by atoms with Crippen molar-refractivity contribution in [2.24, 2.45) is 0 Å². The van der Waals surface area contributed by atoms with Gasteiger partial charge in [0.25, 0.3) is 5.91 Å². The minimum Gasteiger partial charge on any atom is -0.497 e. The van der Waals surface area contributed by atoms with Crippen LogP contribution in [0.15, 0.2) is 84.9 Å². The average Bonchev–Trinajstić information content (AvgIpc) is 3.38. The zero-order valence-corrected chi connectivity index (χ0v) is 20.9. The molecular formula is C29H25N5O4. The lowest BCUT2D eigenvalue weighted by atomic mass is 9.97. The molecule has 2 aromatic heterocycles. The maximum absolute atomic E-state index is 13.0. The van der Waals surface area contributed by atoms with Crippen LogP contribution >= 0.6 is 0 Å². The van der Waals surface area contributed by atoms with Gasteiger partial charge in [-0.2, -0.15) is 4.52 Å². The van der Waals surface area contributed by atoms with Crippen molar-refractivity contribution in [2.75, 3.05) is 20.3 Å². The van der Waals surface area contributed by atoms with Gasteiger partial charge in [0.1, 0.15) is 12.4 Å². The number of nitrogens with one attached hydrogen (secondary N) is 1. The van der Waals surface area contributed by atoms with Gasteiger partial charge in [0.2, 0.25) is 5.88 Å². The number of benzene rings is 3. The first kappa shape index (κ1) is 24.6. The van der Waals surface area contributed by atoms with E-state index in [1.165, 1.54) is 0 Å². The molecule has 0 fully saturated rings. The van der Waals surface area contributed by atoms with E-state index in [1.807, 2.05) is 43.3 Å². The highest BCUT2D eigenvalue weighted by Crippen LogP contribution is 2.23. The van der Waals surface area contributed by atoms with E-state index >= 15 is 0 Å². The molecule has 0 saturated carbocycles. The van der Waals surface area contributed by atoms with Gasteiger partial charge in [-0.1, -0.05) is 60.2 Å². The second-order valence-electron chi connectivity index (χ2n) is 8.54. The molecule has 0 bridgehead atoms. The van der Waals surface area contributed by atoms with Crippen molar-refractivity contribution < 1.29 is 19.1 Å². The summed E-state index contributed by atoms with van der Waals surface area (Å²) in [5.41, 5.74) is 3.61. The largest absolute Gasteiger partial charge is 0.497 e. The summed E-state index contributed by atoms with van der Waals surface area (Å²) in [7, 11) is 1.60. The maximum Gasteiger partial charge on any atom is 0.252 e. The van der Waals surface area contributed by atoms with E-state index in [-0.39, 0.29) is 24.8 Å². The van der Waals surface area contributed by atoms with Crippen LogP contribution in [0.3, 0.4) is 0 Å². The standard InChI is InChI=1S/C29H25N5O4/c1-19-10-12-20(13-11-19)27(35)23-8-3-4-9-24(23)29(36)30-16-17-38-26-15-14-25-31-32-28(34(25)33-26)21-6-5-7-22(18-21)37-2/h3-15,18H,16-17H2,1-2H3,(H,30,36). The SMILES string of the molecule is COc1cccc(-c2nnc3ccc(OCCNC(=O)c4ccccc4C(=O)c4ccc(C)cc4)nn23)c1. The highest BCUT2D eigenvalue weighted by atomic mass is 16.5. The molecule has 0 radical (unpaired) electrons. The van der Waals surface area contributed by atoms with E-state index < -0.39 is 0 Å². The van der Waals surface area contributed by atoms with Gasteiger partial charge in [0.15, 0.2) is 17.3 Å². The third-order valence-electron chi connectivity index (χ3n) is 5.93. The van der Waals surface area contributed by atoms with Crippen molar-refractivity contribution in [1.82, 2.24) is 25.1 Å². The summed E-state index contributed by atoms with van der Waals surface area (Å²) in [6.45, 7) is 2.35. The van der Waals surface area contributed by atoms with Crippen LogP contribution in [0, 0.1) is 6.92 Å². The van der Waals surface area contributed by atoms with Gasteiger partial charge in [-0.25, -0.2) is 0 Å². The number of carbonyl (C=O) groups excluding carboxylic acids is 2. The fourth-order valence-corrected chi connectivity index (χ4v) is 3.95. The third-order valence-corrected chi connectivity index (χ3v) is 5.93. The molecule has 190 valence electrons. The molecule has 1 amide bonds. The second kappa shape index (κ2) is 10.9. The van der Waals surface area contributed by atoms with Crippen molar-refractivity contribution in [3.05, 3.63) is 107 Å². The van der Waals surface area contributed by atoms with E-state index in [0.29, 0.717) is 39.8 Å². The molecule has 0 spiro atoms. The van der Waals surface area contributed by atoms with E-state index in [9.17, 15) is 9.59 Å². The molecule has 0 saturated heterocycles. The highest BCUT2D eigenvalue weighted by Gasteiger charge is 2.18. The predicted molar refractivity (Wildman–Crippen MR) is 142 cm³/mol. The molecule has 38 heavy (non-hydrogen) atoms. The molecule has 0 aliphatic heterocycles. The van der Waals surface area contributed by atoms with Gasteiger partial charge in [-0.3, -0.25) is 9.59 Å². The molecule has 0 aliphatic carbocycles. The smallest absolute Gasteiger partial charge is 0.252 e. The van der Waals surface area contributed by atoms with Gasteiger partial charge in [0, 0.05) is 22.8 Å². The molecule has 0 unspecified atom stereocenters. The number of nitrogens with zero attached hydrogens (tertiary/aromatic N) is 4. The number of aromatic nitrogens is 4. The van der Waals surface area contributed by atoms with Crippen molar-refractivity contribution in [3.8, 4) is 23.0 Å². The zero-order valence-electron chi connectivity index (χ0n) is 20.9. The summed E-state index contributed by atoms with van der Waals surface area (Å²) in [6, 6.07) is 24.9. The summed E-state index contributed by atoms with van der Waals surface area (Å²) < 4.78 is 12.7. The maximum atomic E-state index is 13.0. The number of carbonyl (C=O) groups is 2. The van der Waals surface area contributed by atoms with Crippen molar-refractivity contribution in [1.29, 1.82) is 0 Å². The van der Waals surface area contributed by atoms with E-state index in [0.717, 1.165) is 11.1 Å². The summed E-state index contributed by atoms with van der Waals surface area (Å²) in [5.74, 6) is 1.04. The Bertz CT molecular complexity index is 1610. The first-order valence-electron chi connectivity index (χ1n) is 12.0. The second-order valence-corrected chi connectivity index (χ2v) is 8.54. The summed E-state index contributed by atoms with van der Waals surface area (Å²) in [5, 5.41) is 15.7. The first-order valence-corrected chi connectivity index (χ1v) is 12.0. The molecule has 3 aromatic carbocycles. The Kier molecular flexibility index (Phi) is 7.08. The van der Waals surface area contributed by atoms with Gasteiger partial charge >= 0.3 is 0 Å². The lowest BCUT2D eigenvalue weighted by molar-refractivity contribution is 0.0936. The number of rotatable bonds is 9. The van der Waals surface area contributed by atoms with Crippen LogP contribution in [0.25, 0.3) is 17.0 Å². The number of hydrogen-bond donors (Lipinski definition) is 1. The molecule has 0 aliphatic rings. The number of hydrogen-bond acceptors (Lipinski definition) is 7. The monoisotopic (exact) mass is 507 g/mol. The Morgan fingerprint density at radius 3 is 2.47 bits per heavy atom.